The first kappa shape index (κ1) is 18.2. The molecule has 2 aromatic rings. The molecule has 0 spiro atoms. The number of hydrogen-bond acceptors (Lipinski definition) is 4. The van der Waals surface area contributed by atoms with E-state index in [1.54, 1.807) is 18.2 Å². The molecule has 0 radical (unpaired) electrons. The maximum atomic E-state index is 12.0. The predicted molar refractivity (Wildman–Crippen MR) is 93.8 cm³/mol. The second-order valence-electron chi connectivity index (χ2n) is 5.65. The van der Waals surface area contributed by atoms with E-state index >= 15 is 0 Å². The maximum absolute atomic E-state index is 12.0. The molecule has 0 aliphatic carbocycles. The Labute approximate surface area is 147 Å². The van der Waals surface area contributed by atoms with Gasteiger partial charge in [-0.1, -0.05) is 37.3 Å². The van der Waals surface area contributed by atoms with E-state index in [0.717, 1.165) is 12.0 Å². The molecule has 0 unspecified atom stereocenters. The van der Waals surface area contributed by atoms with Gasteiger partial charge in [0.1, 0.15) is 0 Å². The number of aryl methyl sites for hydroxylation is 1. The molecule has 0 bridgehead atoms. The van der Waals surface area contributed by atoms with Crippen molar-refractivity contribution in [3.63, 3.8) is 0 Å². The Hall–Kier alpha value is -3.13. The lowest BCUT2D eigenvalue weighted by molar-refractivity contribution is -0.124. The fraction of sp³-hybridized carbons (Fsp3) is 0.250. The van der Waals surface area contributed by atoms with Crippen molar-refractivity contribution in [2.45, 2.75) is 26.3 Å². The topological polar surface area (TPSA) is 79.2 Å². The third kappa shape index (κ3) is 5.18. The molecule has 128 valence electrons. The molecule has 0 aromatic heterocycles. The Morgan fingerprint density at radius 1 is 1.20 bits per heavy atom. The van der Waals surface area contributed by atoms with Gasteiger partial charge in [0.25, 0.3) is 5.91 Å². The lowest BCUT2D eigenvalue weighted by atomic mass is 10.1. The van der Waals surface area contributed by atoms with Gasteiger partial charge in [0.15, 0.2) is 6.61 Å². The molecule has 1 atom stereocenters. The molecule has 5 heteroatoms. The molecule has 1 N–H and O–H groups in total. The summed E-state index contributed by atoms with van der Waals surface area (Å²) in [6, 6.07) is 15.9. The minimum atomic E-state index is -0.632. The largest absolute Gasteiger partial charge is 0.452 e. The van der Waals surface area contributed by atoms with Gasteiger partial charge in [-0.3, -0.25) is 4.79 Å². The smallest absolute Gasteiger partial charge is 0.338 e. The average molecular weight is 336 g/mol. The van der Waals surface area contributed by atoms with E-state index < -0.39 is 5.97 Å². The predicted octanol–water partition coefficient (Wildman–Crippen LogP) is 3.15. The molecule has 0 aliphatic rings. The summed E-state index contributed by atoms with van der Waals surface area (Å²) in [5.74, 6) is -1.01. The van der Waals surface area contributed by atoms with Gasteiger partial charge in [0.05, 0.1) is 23.2 Å². The lowest BCUT2D eigenvalue weighted by Crippen LogP contribution is -2.31. The van der Waals surface area contributed by atoms with Gasteiger partial charge < -0.3 is 10.1 Å². The van der Waals surface area contributed by atoms with Crippen molar-refractivity contribution in [1.82, 2.24) is 5.32 Å². The second-order valence-corrected chi connectivity index (χ2v) is 5.65. The van der Waals surface area contributed by atoms with Crippen LogP contribution in [0.2, 0.25) is 0 Å². The van der Waals surface area contributed by atoms with Crippen LogP contribution < -0.4 is 5.32 Å². The Bertz CT molecular complexity index is 791. The molecule has 2 rings (SSSR count). The summed E-state index contributed by atoms with van der Waals surface area (Å²) >= 11 is 0. The van der Waals surface area contributed by atoms with Crippen LogP contribution in [0, 0.1) is 11.3 Å². The van der Waals surface area contributed by atoms with E-state index in [4.69, 9.17) is 10.00 Å². The van der Waals surface area contributed by atoms with Gasteiger partial charge in [-0.05, 0) is 42.7 Å². The Morgan fingerprint density at radius 3 is 2.56 bits per heavy atom. The van der Waals surface area contributed by atoms with E-state index in [1.165, 1.54) is 11.6 Å². The van der Waals surface area contributed by atoms with E-state index in [1.807, 2.05) is 37.3 Å². The number of carbonyl (C=O) groups excluding carboxylic acids is 2. The number of benzene rings is 2. The standard InChI is InChI=1S/C20H20N2O3/c1-3-15-7-9-17(10-8-15)14(2)22-19(23)13-25-20(24)18-6-4-5-16(11-18)12-21/h4-11,14H,3,13H2,1-2H3,(H,22,23)/t14-/m1/s1. The minimum absolute atomic E-state index is 0.181. The first-order valence-corrected chi connectivity index (χ1v) is 8.09. The molecule has 0 heterocycles. The van der Waals surface area contributed by atoms with Crippen LogP contribution in [0.3, 0.4) is 0 Å². The van der Waals surface area contributed by atoms with Crippen LogP contribution in [0.15, 0.2) is 48.5 Å². The first-order chi connectivity index (χ1) is 12.0. The molecule has 5 nitrogen and oxygen atoms in total. The molecular weight excluding hydrogens is 316 g/mol. The maximum Gasteiger partial charge on any atom is 0.338 e. The summed E-state index contributed by atoms with van der Waals surface area (Å²) in [4.78, 5) is 23.9. The van der Waals surface area contributed by atoms with Crippen LogP contribution in [-0.2, 0) is 16.0 Å². The number of amides is 1. The van der Waals surface area contributed by atoms with Crippen molar-refractivity contribution >= 4 is 11.9 Å². The number of carbonyl (C=O) groups is 2. The summed E-state index contributed by atoms with van der Waals surface area (Å²) in [6.45, 7) is 3.59. The van der Waals surface area contributed by atoms with Crippen LogP contribution in [-0.4, -0.2) is 18.5 Å². The normalized spacial score (nSPS) is 11.2. The number of ether oxygens (including phenoxy) is 1. The van der Waals surface area contributed by atoms with Crippen molar-refractivity contribution in [1.29, 1.82) is 5.26 Å². The van der Waals surface area contributed by atoms with Crippen molar-refractivity contribution in [3.8, 4) is 6.07 Å². The second kappa shape index (κ2) is 8.65. The quantitative estimate of drug-likeness (QED) is 0.822. The Morgan fingerprint density at radius 2 is 1.92 bits per heavy atom. The van der Waals surface area contributed by atoms with E-state index in [2.05, 4.69) is 12.2 Å². The van der Waals surface area contributed by atoms with Crippen LogP contribution in [0.1, 0.15) is 46.9 Å². The fourth-order valence-electron chi connectivity index (χ4n) is 2.34. The lowest BCUT2D eigenvalue weighted by Gasteiger charge is -2.15. The molecule has 25 heavy (non-hydrogen) atoms. The van der Waals surface area contributed by atoms with Crippen LogP contribution in [0.25, 0.3) is 0 Å². The molecular formula is C20H20N2O3. The zero-order chi connectivity index (χ0) is 18.2. The van der Waals surface area contributed by atoms with Crippen molar-refractivity contribution in [2.75, 3.05) is 6.61 Å². The number of esters is 1. The fourth-order valence-corrected chi connectivity index (χ4v) is 2.34. The van der Waals surface area contributed by atoms with Gasteiger partial charge in [-0.25, -0.2) is 4.79 Å². The SMILES string of the molecule is CCc1ccc([C@@H](C)NC(=O)COC(=O)c2cccc(C#N)c2)cc1. The third-order valence-electron chi connectivity index (χ3n) is 3.83. The van der Waals surface area contributed by atoms with Gasteiger partial charge >= 0.3 is 5.97 Å². The first-order valence-electron chi connectivity index (χ1n) is 8.09. The van der Waals surface area contributed by atoms with E-state index in [-0.39, 0.29) is 24.1 Å². The molecule has 0 fully saturated rings. The van der Waals surface area contributed by atoms with Gasteiger partial charge in [-0.15, -0.1) is 0 Å². The zero-order valence-electron chi connectivity index (χ0n) is 14.3. The van der Waals surface area contributed by atoms with Crippen LogP contribution >= 0.6 is 0 Å². The third-order valence-corrected chi connectivity index (χ3v) is 3.83. The zero-order valence-corrected chi connectivity index (χ0v) is 14.3. The molecule has 0 saturated heterocycles. The number of rotatable bonds is 6. The molecule has 0 aliphatic heterocycles. The van der Waals surface area contributed by atoms with E-state index in [9.17, 15) is 9.59 Å². The van der Waals surface area contributed by atoms with Crippen LogP contribution in [0.5, 0.6) is 0 Å². The highest BCUT2D eigenvalue weighted by molar-refractivity contribution is 5.91. The van der Waals surface area contributed by atoms with Gasteiger partial charge in [-0.2, -0.15) is 5.26 Å². The monoisotopic (exact) mass is 336 g/mol. The number of nitrogens with zero attached hydrogens (tertiary/aromatic N) is 1. The molecule has 0 saturated carbocycles. The summed E-state index contributed by atoms with van der Waals surface area (Å²) in [5, 5.41) is 11.6. The van der Waals surface area contributed by atoms with Gasteiger partial charge in [0.2, 0.25) is 0 Å². The highest BCUT2D eigenvalue weighted by atomic mass is 16.5. The Balaban J connectivity index is 1.87. The Kier molecular flexibility index (Phi) is 6.30. The van der Waals surface area contributed by atoms with Gasteiger partial charge in [0, 0.05) is 0 Å². The summed E-state index contributed by atoms with van der Waals surface area (Å²) in [6.07, 6.45) is 0.962. The molecule has 1 amide bonds. The van der Waals surface area contributed by atoms with E-state index in [0.29, 0.717) is 5.56 Å². The summed E-state index contributed by atoms with van der Waals surface area (Å²) in [7, 11) is 0. The summed E-state index contributed by atoms with van der Waals surface area (Å²) in [5.41, 5.74) is 2.83. The summed E-state index contributed by atoms with van der Waals surface area (Å²) < 4.78 is 5.00. The number of hydrogen-bond donors (Lipinski definition) is 1. The highest BCUT2D eigenvalue weighted by Gasteiger charge is 2.13. The van der Waals surface area contributed by atoms with Crippen molar-refractivity contribution in [3.05, 3.63) is 70.8 Å². The average Bonchev–Trinajstić information content (AvgIpc) is 2.66. The number of nitriles is 1. The number of nitrogens with one attached hydrogen (secondary N) is 1. The minimum Gasteiger partial charge on any atom is -0.452 e. The van der Waals surface area contributed by atoms with Crippen molar-refractivity contribution in [2.24, 2.45) is 0 Å². The highest BCUT2D eigenvalue weighted by Crippen LogP contribution is 2.13. The molecule has 2 aromatic carbocycles. The van der Waals surface area contributed by atoms with Crippen LogP contribution in [0.4, 0.5) is 0 Å². The van der Waals surface area contributed by atoms with Crippen molar-refractivity contribution < 1.29 is 14.3 Å².